The smallest absolute Gasteiger partial charge is 0.254 e. The average Bonchev–Trinajstić information content (AvgIpc) is 3.49. The zero-order valence-electron chi connectivity index (χ0n) is 20.4. The number of carbonyl (C=O) groups excluding carboxylic acids is 2. The van der Waals surface area contributed by atoms with E-state index >= 15 is 0 Å². The van der Waals surface area contributed by atoms with Crippen LogP contribution < -0.4 is 14.2 Å². The highest BCUT2D eigenvalue weighted by molar-refractivity contribution is 5.96. The molecule has 8 nitrogen and oxygen atoms in total. The molecule has 35 heavy (non-hydrogen) atoms. The second-order valence-electron chi connectivity index (χ2n) is 8.71. The molecule has 0 saturated carbocycles. The standard InChI is InChI=1S/C27H30N2O6/c1-18(2)29(27(31)21-7-10-22(32-4)11-8-21)16-26(30)28(15-23-9-5-19(3)35-23)14-20-6-12-24-25(13-20)34-17-33-24/h5-13,18H,14-17H2,1-4H3. The van der Waals surface area contributed by atoms with Crippen LogP contribution in [0.4, 0.5) is 0 Å². The summed E-state index contributed by atoms with van der Waals surface area (Å²) in [5.41, 5.74) is 1.39. The first kappa shape index (κ1) is 24.2. The van der Waals surface area contributed by atoms with E-state index in [0.29, 0.717) is 35.1 Å². The molecule has 0 atom stereocenters. The van der Waals surface area contributed by atoms with E-state index in [1.807, 2.05) is 51.1 Å². The molecule has 2 amide bonds. The van der Waals surface area contributed by atoms with Gasteiger partial charge in [0.25, 0.3) is 5.91 Å². The molecule has 1 aromatic heterocycles. The van der Waals surface area contributed by atoms with Gasteiger partial charge in [0, 0.05) is 18.2 Å². The van der Waals surface area contributed by atoms with Gasteiger partial charge in [-0.1, -0.05) is 6.07 Å². The fraction of sp³-hybridized carbons (Fsp3) is 0.333. The lowest BCUT2D eigenvalue weighted by molar-refractivity contribution is -0.133. The minimum absolute atomic E-state index is 0.0627. The summed E-state index contributed by atoms with van der Waals surface area (Å²) in [4.78, 5) is 30.1. The molecule has 2 heterocycles. The van der Waals surface area contributed by atoms with Crippen LogP contribution in [0.2, 0.25) is 0 Å². The van der Waals surface area contributed by atoms with E-state index < -0.39 is 0 Å². The van der Waals surface area contributed by atoms with E-state index in [0.717, 1.165) is 11.3 Å². The predicted octanol–water partition coefficient (Wildman–Crippen LogP) is 4.40. The Labute approximate surface area is 205 Å². The van der Waals surface area contributed by atoms with Crippen molar-refractivity contribution in [1.82, 2.24) is 9.80 Å². The molecule has 0 bridgehead atoms. The highest BCUT2D eigenvalue weighted by Gasteiger charge is 2.26. The van der Waals surface area contributed by atoms with Gasteiger partial charge in [-0.3, -0.25) is 9.59 Å². The molecule has 1 aliphatic rings. The third-order valence-electron chi connectivity index (χ3n) is 5.83. The molecule has 2 aromatic carbocycles. The van der Waals surface area contributed by atoms with E-state index in [2.05, 4.69) is 0 Å². The van der Waals surface area contributed by atoms with Crippen molar-refractivity contribution in [2.75, 3.05) is 20.4 Å². The minimum atomic E-state index is -0.215. The maximum absolute atomic E-state index is 13.6. The van der Waals surface area contributed by atoms with Gasteiger partial charge < -0.3 is 28.4 Å². The molecule has 184 valence electrons. The van der Waals surface area contributed by atoms with Crippen LogP contribution in [-0.4, -0.2) is 48.1 Å². The molecule has 0 unspecified atom stereocenters. The third kappa shape index (κ3) is 5.77. The van der Waals surface area contributed by atoms with Crippen molar-refractivity contribution >= 4 is 11.8 Å². The second kappa shape index (κ2) is 10.5. The van der Waals surface area contributed by atoms with Crippen molar-refractivity contribution in [3.8, 4) is 17.2 Å². The van der Waals surface area contributed by atoms with Crippen molar-refractivity contribution in [1.29, 1.82) is 0 Å². The minimum Gasteiger partial charge on any atom is -0.497 e. The predicted molar refractivity (Wildman–Crippen MR) is 129 cm³/mol. The van der Waals surface area contributed by atoms with E-state index in [1.54, 1.807) is 41.2 Å². The number of hydrogen-bond donors (Lipinski definition) is 0. The number of amides is 2. The van der Waals surface area contributed by atoms with E-state index in [1.165, 1.54) is 0 Å². The first-order valence-corrected chi connectivity index (χ1v) is 11.5. The van der Waals surface area contributed by atoms with Gasteiger partial charge in [-0.15, -0.1) is 0 Å². The zero-order chi connectivity index (χ0) is 24.9. The summed E-state index contributed by atoms with van der Waals surface area (Å²) in [6.45, 7) is 6.39. The molecular weight excluding hydrogens is 448 g/mol. The maximum Gasteiger partial charge on any atom is 0.254 e. The monoisotopic (exact) mass is 478 g/mol. The summed E-state index contributed by atoms with van der Waals surface area (Å²) in [5, 5.41) is 0. The normalized spacial score (nSPS) is 12.0. The van der Waals surface area contributed by atoms with Gasteiger partial charge in [0.05, 0.1) is 13.7 Å². The van der Waals surface area contributed by atoms with Gasteiger partial charge >= 0.3 is 0 Å². The maximum atomic E-state index is 13.6. The molecular formula is C27H30N2O6. The van der Waals surface area contributed by atoms with Crippen molar-refractivity contribution < 1.29 is 28.2 Å². The quantitative estimate of drug-likeness (QED) is 0.453. The van der Waals surface area contributed by atoms with Crippen LogP contribution in [0.1, 0.15) is 41.3 Å². The summed E-state index contributed by atoms with van der Waals surface area (Å²) >= 11 is 0. The lowest BCUT2D eigenvalue weighted by Gasteiger charge is -2.30. The largest absolute Gasteiger partial charge is 0.497 e. The van der Waals surface area contributed by atoms with Crippen LogP contribution in [0.3, 0.4) is 0 Å². The molecule has 0 fully saturated rings. The van der Waals surface area contributed by atoms with Crippen LogP contribution in [0.25, 0.3) is 0 Å². The summed E-state index contributed by atoms with van der Waals surface area (Å²) < 4.78 is 21.8. The first-order chi connectivity index (χ1) is 16.8. The molecule has 0 saturated heterocycles. The summed E-state index contributed by atoms with van der Waals surface area (Å²) in [6, 6.07) is 16.1. The molecule has 1 aliphatic heterocycles. The number of rotatable bonds is 9. The summed E-state index contributed by atoms with van der Waals surface area (Å²) in [5.74, 6) is 3.05. The Hall–Kier alpha value is -3.94. The fourth-order valence-corrected chi connectivity index (χ4v) is 3.88. The van der Waals surface area contributed by atoms with Crippen molar-refractivity contribution in [3.63, 3.8) is 0 Å². The van der Waals surface area contributed by atoms with Crippen molar-refractivity contribution in [2.24, 2.45) is 0 Å². The molecule has 0 aliphatic carbocycles. The Bertz CT molecular complexity index is 1180. The summed E-state index contributed by atoms with van der Waals surface area (Å²) in [7, 11) is 1.57. The van der Waals surface area contributed by atoms with Crippen LogP contribution >= 0.6 is 0 Å². The van der Waals surface area contributed by atoms with Gasteiger partial charge in [-0.05, 0) is 74.9 Å². The molecule has 3 aromatic rings. The zero-order valence-corrected chi connectivity index (χ0v) is 20.4. The van der Waals surface area contributed by atoms with E-state index in [4.69, 9.17) is 18.6 Å². The van der Waals surface area contributed by atoms with Crippen LogP contribution in [0.5, 0.6) is 17.2 Å². The summed E-state index contributed by atoms with van der Waals surface area (Å²) in [6.07, 6.45) is 0. The Balaban J connectivity index is 1.54. The number of furan rings is 1. The van der Waals surface area contributed by atoms with E-state index in [9.17, 15) is 9.59 Å². The molecule has 0 radical (unpaired) electrons. The fourth-order valence-electron chi connectivity index (χ4n) is 3.88. The lowest BCUT2D eigenvalue weighted by Crippen LogP contribution is -2.45. The Morgan fingerprint density at radius 3 is 2.37 bits per heavy atom. The molecule has 0 spiro atoms. The van der Waals surface area contributed by atoms with E-state index in [-0.39, 0.29) is 37.7 Å². The van der Waals surface area contributed by atoms with Gasteiger partial charge in [-0.2, -0.15) is 0 Å². The van der Waals surface area contributed by atoms with Crippen molar-refractivity contribution in [3.05, 3.63) is 77.2 Å². The highest BCUT2D eigenvalue weighted by atomic mass is 16.7. The highest BCUT2D eigenvalue weighted by Crippen LogP contribution is 2.33. The van der Waals surface area contributed by atoms with Gasteiger partial charge in [0.2, 0.25) is 12.7 Å². The van der Waals surface area contributed by atoms with Gasteiger partial charge in [0.15, 0.2) is 11.5 Å². The van der Waals surface area contributed by atoms with Crippen LogP contribution in [0.15, 0.2) is 59.0 Å². The van der Waals surface area contributed by atoms with Gasteiger partial charge in [0.1, 0.15) is 23.8 Å². The number of nitrogens with zero attached hydrogens (tertiary/aromatic N) is 2. The molecule has 8 heteroatoms. The van der Waals surface area contributed by atoms with Crippen LogP contribution in [-0.2, 0) is 17.9 Å². The van der Waals surface area contributed by atoms with Gasteiger partial charge in [-0.25, -0.2) is 0 Å². The topological polar surface area (TPSA) is 81.5 Å². The molecule has 4 rings (SSSR count). The average molecular weight is 479 g/mol. The Kier molecular flexibility index (Phi) is 7.29. The third-order valence-corrected chi connectivity index (χ3v) is 5.83. The number of benzene rings is 2. The number of hydrogen-bond acceptors (Lipinski definition) is 6. The Morgan fingerprint density at radius 2 is 1.71 bits per heavy atom. The number of methoxy groups -OCH3 is 1. The number of fused-ring (bicyclic) bond motifs is 1. The van der Waals surface area contributed by atoms with Crippen LogP contribution in [0, 0.1) is 6.92 Å². The molecule has 0 N–H and O–H groups in total. The Morgan fingerprint density at radius 1 is 0.971 bits per heavy atom. The SMILES string of the molecule is COc1ccc(C(=O)N(CC(=O)N(Cc2ccc3c(c2)OCO3)Cc2ccc(C)o2)C(C)C)cc1. The number of carbonyl (C=O) groups is 2. The first-order valence-electron chi connectivity index (χ1n) is 11.5. The number of aryl methyl sites for hydroxylation is 1. The second-order valence-corrected chi connectivity index (χ2v) is 8.71. The van der Waals surface area contributed by atoms with Crippen molar-refractivity contribution in [2.45, 2.75) is 39.9 Å². The number of ether oxygens (including phenoxy) is 3. The lowest BCUT2D eigenvalue weighted by atomic mass is 10.1.